The van der Waals surface area contributed by atoms with E-state index < -0.39 is 5.82 Å². The third kappa shape index (κ3) is 5.52. The zero-order chi connectivity index (χ0) is 24.2. The third-order valence-electron chi connectivity index (χ3n) is 6.83. The van der Waals surface area contributed by atoms with Gasteiger partial charge in [-0.15, -0.1) is 0 Å². The zero-order valence-corrected chi connectivity index (χ0v) is 19.7. The molecule has 6 nitrogen and oxygen atoms in total. The summed E-state index contributed by atoms with van der Waals surface area (Å²) < 4.78 is 19.5. The maximum atomic E-state index is 13.6. The molecule has 1 atom stereocenters. The molecule has 0 radical (unpaired) electrons. The monoisotopic (exact) mass is 475 g/mol. The van der Waals surface area contributed by atoms with Crippen LogP contribution in [0.5, 0.6) is 0 Å². The molecule has 0 N–H and O–H groups in total. The normalized spacial score (nSPS) is 19.5. The number of benzene rings is 3. The number of halogens is 1. The van der Waals surface area contributed by atoms with Crippen LogP contribution in [-0.2, 0) is 4.74 Å². The molecule has 2 amide bonds. The number of rotatable bonds is 4. The lowest BCUT2D eigenvalue weighted by molar-refractivity contribution is -0.0353. The SMILES string of the molecule is O=C(c1ccc2ccccc2c1)N1CCCN(CC2CN(C(=O)c3cccc(F)c3)CCO2)CC1. The van der Waals surface area contributed by atoms with Crippen LogP contribution in [0.1, 0.15) is 27.1 Å². The second-order valence-corrected chi connectivity index (χ2v) is 9.26. The molecule has 2 saturated heterocycles. The van der Waals surface area contributed by atoms with Crippen molar-refractivity contribution in [3.63, 3.8) is 0 Å². The number of morpholine rings is 1. The van der Waals surface area contributed by atoms with Gasteiger partial charge in [0.25, 0.3) is 11.8 Å². The van der Waals surface area contributed by atoms with E-state index in [1.54, 1.807) is 17.0 Å². The van der Waals surface area contributed by atoms with Gasteiger partial charge in [-0.05, 0) is 54.1 Å². The summed E-state index contributed by atoms with van der Waals surface area (Å²) in [6, 6.07) is 19.8. The molecule has 182 valence electrons. The van der Waals surface area contributed by atoms with Crippen LogP contribution in [0.25, 0.3) is 10.8 Å². The number of ether oxygens (including phenoxy) is 1. The maximum absolute atomic E-state index is 13.6. The van der Waals surface area contributed by atoms with Crippen LogP contribution >= 0.6 is 0 Å². The Balaban J connectivity index is 1.17. The molecule has 0 aromatic heterocycles. The summed E-state index contributed by atoms with van der Waals surface area (Å²) >= 11 is 0. The van der Waals surface area contributed by atoms with Gasteiger partial charge in [0.15, 0.2) is 0 Å². The standard InChI is InChI=1S/C28H30FN3O3/c29-25-8-3-7-23(18-25)28(34)32-15-16-35-26(20-32)19-30-11-4-12-31(14-13-30)27(33)24-10-9-21-5-1-2-6-22(21)17-24/h1-3,5-10,17-18,26H,4,11-16,19-20H2. The van der Waals surface area contributed by atoms with E-state index in [9.17, 15) is 14.0 Å². The van der Waals surface area contributed by atoms with E-state index in [4.69, 9.17) is 4.74 Å². The molecule has 0 saturated carbocycles. The summed E-state index contributed by atoms with van der Waals surface area (Å²) in [5.41, 5.74) is 1.09. The Morgan fingerprint density at radius 3 is 2.46 bits per heavy atom. The van der Waals surface area contributed by atoms with Gasteiger partial charge in [0.2, 0.25) is 0 Å². The van der Waals surface area contributed by atoms with Crippen LogP contribution in [0.15, 0.2) is 66.7 Å². The van der Waals surface area contributed by atoms with Crippen LogP contribution in [0.2, 0.25) is 0 Å². The van der Waals surface area contributed by atoms with Crippen molar-refractivity contribution in [3.05, 3.63) is 83.7 Å². The quantitative estimate of drug-likeness (QED) is 0.578. The lowest BCUT2D eigenvalue weighted by Gasteiger charge is -2.35. The Hall–Kier alpha value is -3.29. The molecule has 1 unspecified atom stereocenters. The molecule has 0 spiro atoms. The fourth-order valence-electron chi connectivity index (χ4n) is 4.97. The molecule has 3 aromatic rings. The van der Waals surface area contributed by atoms with Gasteiger partial charge in [0, 0.05) is 50.4 Å². The Morgan fingerprint density at radius 1 is 0.800 bits per heavy atom. The Labute approximate surface area is 204 Å². The summed E-state index contributed by atoms with van der Waals surface area (Å²) in [5, 5.41) is 2.20. The van der Waals surface area contributed by atoms with Crippen molar-refractivity contribution in [1.82, 2.24) is 14.7 Å². The molecule has 3 aromatic carbocycles. The van der Waals surface area contributed by atoms with E-state index in [2.05, 4.69) is 4.90 Å². The molecule has 2 fully saturated rings. The first kappa shape index (κ1) is 23.5. The summed E-state index contributed by atoms with van der Waals surface area (Å²) in [5.74, 6) is -0.507. The van der Waals surface area contributed by atoms with Gasteiger partial charge in [0.1, 0.15) is 5.82 Å². The molecule has 7 heteroatoms. The highest BCUT2D eigenvalue weighted by Crippen LogP contribution is 2.18. The number of hydrogen-bond acceptors (Lipinski definition) is 4. The van der Waals surface area contributed by atoms with Crippen LogP contribution in [0, 0.1) is 5.82 Å². The van der Waals surface area contributed by atoms with Gasteiger partial charge in [-0.2, -0.15) is 0 Å². The predicted molar refractivity (Wildman–Crippen MR) is 133 cm³/mol. The summed E-state index contributed by atoms with van der Waals surface area (Å²) in [7, 11) is 0. The number of carbonyl (C=O) groups is 2. The first-order valence-corrected chi connectivity index (χ1v) is 12.2. The van der Waals surface area contributed by atoms with Gasteiger partial charge >= 0.3 is 0 Å². The molecular weight excluding hydrogens is 445 g/mol. The lowest BCUT2D eigenvalue weighted by atomic mass is 10.1. The molecule has 0 bridgehead atoms. The van der Waals surface area contributed by atoms with Gasteiger partial charge in [-0.25, -0.2) is 4.39 Å². The van der Waals surface area contributed by atoms with Crippen LogP contribution in [-0.4, -0.2) is 85.0 Å². The highest BCUT2D eigenvalue weighted by molar-refractivity contribution is 5.98. The number of carbonyl (C=O) groups excluding carboxylic acids is 2. The van der Waals surface area contributed by atoms with Crippen LogP contribution in [0.3, 0.4) is 0 Å². The van der Waals surface area contributed by atoms with Crippen molar-refractivity contribution in [3.8, 4) is 0 Å². The smallest absolute Gasteiger partial charge is 0.254 e. The Kier molecular flexibility index (Phi) is 7.06. The average Bonchev–Trinajstić information content (AvgIpc) is 3.13. The van der Waals surface area contributed by atoms with Crippen LogP contribution in [0.4, 0.5) is 4.39 Å². The predicted octanol–water partition coefficient (Wildman–Crippen LogP) is 3.67. The fourth-order valence-corrected chi connectivity index (χ4v) is 4.97. The second-order valence-electron chi connectivity index (χ2n) is 9.26. The second kappa shape index (κ2) is 10.5. The van der Waals surface area contributed by atoms with Crippen molar-refractivity contribution in [2.75, 3.05) is 52.4 Å². The van der Waals surface area contributed by atoms with Crippen molar-refractivity contribution in [1.29, 1.82) is 0 Å². The number of nitrogens with zero attached hydrogens (tertiary/aromatic N) is 3. The van der Waals surface area contributed by atoms with E-state index in [0.29, 0.717) is 38.3 Å². The largest absolute Gasteiger partial charge is 0.373 e. The highest BCUT2D eigenvalue weighted by atomic mass is 19.1. The van der Waals surface area contributed by atoms with Gasteiger partial charge in [0.05, 0.1) is 12.7 Å². The Morgan fingerprint density at radius 2 is 1.60 bits per heavy atom. The minimum Gasteiger partial charge on any atom is -0.373 e. The van der Waals surface area contributed by atoms with Crippen LogP contribution < -0.4 is 0 Å². The number of amides is 2. The average molecular weight is 476 g/mol. The van der Waals surface area contributed by atoms with E-state index in [1.165, 1.54) is 12.1 Å². The molecule has 2 aliphatic rings. The summed E-state index contributed by atoms with van der Waals surface area (Å²) in [6.45, 7) is 5.15. The zero-order valence-electron chi connectivity index (χ0n) is 19.7. The maximum Gasteiger partial charge on any atom is 0.254 e. The minimum atomic E-state index is -0.409. The first-order chi connectivity index (χ1) is 17.1. The molecule has 2 heterocycles. The summed E-state index contributed by atoms with van der Waals surface area (Å²) in [4.78, 5) is 32.0. The van der Waals surface area contributed by atoms with Gasteiger partial charge in [-0.1, -0.05) is 36.4 Å². The fraction of sp³-hybridized carbons (Fsp3) is 0.357. The molecule has 5 rings (SSSR count). The minimum absolute atomic E-state index is 0.0679. The van der Waals surface area contributed by atoms with Crippen molar-refractivity contribution < 1.29 is 18.7 Å². The molecule has 0 aliphatic carbocycles. The van der Waals surface area contributed by atoms with Crippen molar-refractivity contribution in [2.45, 2.75) is 12.5 Å². The molecule has 35 heavy (non-hydrogen) atoms. The van der Waals surface area contributed by atoms with Crippen molar-refractivity contribution in [2.24, 2.45) is 0 Å². The van der Waals surface area contributed by atoms with E-state index >= 15 is 0 Å². The third-order valence-corrected chi connectivity index (χ3v) is 6.83. The molecular formula is C28H30FN3O3. The van der Waals surface area contributed by atoms with E-state index in [-0.39, 0.29) is 17.9 Å². The van der Waals surface area contributed by atoms with E-state index in [0.717, 1.165) is 42.4 Å². The molecule has 2 aliphatic heterocycles. The summed E-state index contributed by atoms with van der Waals surface area (Å²) in [6.07, 6.45) is 0.779. The van der Waals surface area contributed by atoms with Crippen molar-refractivity contribution >= 4 is 22.6 Å². The first-order valence-electron chi connectivity index (χ1n) is 12.2. The number of fused-ring (bicyclic) bond motifs is 1. The number of hydrogen-bond donors (Lipinski definition) is 0. The Bertz CT molecular complexity index is 1220. The highest BCUT2D eigenvalue weighted by Gasteiger charge is 2.28. The lowest BCUT2D eigenvalue weighted by Crippen LogP contribution is -2.50. The van der Waals surface area contributed by atoms with Gasteiger partial charge in [-0.3, -0.25) is 14.5 Å². The topological polar surface area (TPSA) is 53.1 Å². The van der Waals surface area contributed by atoms with Gasteiger partial charge < -0.3 is 14.5 Å². The van der Waals surface area contributed by atoms with E-state index in [1.807, 2.05) is 47.4 Å².